The highest BCUT2D eigenvalue weighted by Crippen LogP contribution is 2.20. The standard InChI is InChI=1S/C19H21F3N8O3/c1-3-4-7-30-14-15(27-18(30)29-8-5-24-6-9-29)26-12(28(2)16(14)31)11-25-13(10-23)33-17(32)19(20,21)22/h13,24-25H,5-9,11H2,1-2H3. The van der Waals surface area contributed by atoms with Crippen molar-refractivity contribution in [1.82, 2.24) is 29.7 Å². The summed E-state index contributed by atoms with van der Waals surface area (Å²) in [4.78, 5) is 35.0. The third-order valence-electron chi connectivity index (χ3n) is 4.89. The first-order valence-corrected chi connectivity index (χ1v) is 9.89. The zero-order valence-electron chi connectivity index (χ0n) is 17.9. The second kappa shape index (κ2) is 9.89. The lowest BCUT2D eigenvalue weighted by Gasteiger charge is -2.28. The number of carbonyl (C=O) groups is 1. The fourth-order valence-corrected chi connectivity index (χ4v) is 3.23. The van der Waals surface area contributed by atoms with E-state index in [1.807, 2.05) is 4.90 Å². The average molecular weight is 466 g/mol. The molecule has 176 valence electrons. The number of fused-ring (bicyclic) bond motifs is 1. The molecule has 2 N–H and O–H groups in total. The van der Waals surface area contributed by atoms with Crippen molar-refractivity contribution in [2.75, 3.05) is 31.1 Å². The third-order valence-corrected chi connectivity index (χ3v) is 4.89. The molecule has 2 aromatic rings. The van der Waals surface area contributed by atoms with Gasteiger partial charge in [0.05, 0.1) is 13.1 Å². The normalized spacial score (nSPS) is 15.0. The van der Waals surface area contributed by atoms with Crippen molar-refractivity contribution >= 4 is 23.1 Å². The van der Waals surface area contributed by atoms with E-state index in [0.717, 1.165) is 13.1 Å². The van der Waals surface area contributed by atoms with Crippen LogP contribution in [-0.2, 0) is 29.7 Å². The molecular formula is C19H21F3N8O3. The molecule has 0 bridgehead atoms. The molecule has 1 fully saturated rings. The van der Waals surface area contributed by atoms with Crippen molar-refractivity contribution in [3.63, 3.8) is 0 Å². The Kier molecular flexibility index (Phi) is 7.20. The summed E-state index contributed by atoms with van der Waals surface area (Å²) in [7, 11) is 1.43. The maximum absolute atomic E-state index is 13.1. The van der Waals surface area contributed by atoms with Gasteiger partial charge in [-0.15, -0.1) is 5.92 Å². The molecule has 1 aliphatic heterocycles. The Bertz CT molecular complexity index is 1200. The molecule has 33 heavy (non-hydrogen) atoms. The number of piperazine rings is 1. The quantitative estimate of drug-likeness (QED) is 0.332. The van der Waals surface area contributed by atoms with Crippen LogP contribution < -0.4 is 21.1 Å². The number of anilines is 1. The minimum absolute atomic E-state index is 0.0916. The number of alkyl halides is 3. The maximum atomic E-state index is 13.1. The number of esters is 1. The van der Waals surface area contributed by atoms with E-state index in [1.54, 1.807) is 11.5 Å². The Morgan fingerprint density at radius 3 is 2.64 bits per heavy atom. The summed E-state index contributed by atoms with van der Waals surface area (Å²) >= 11 is 0. The fourth-order valence-electron chi connectivity index (χ4n) is 3.23. The van der Waals surface area contributed by atoms with Crippen LogP contribution in [-0.4, -0.2) is 63.7 Å². The van der Waals surface area contributed by atoms with Gasteiger partial charge in [-0.25, -0.2) is 9.78 Å². The monoisotopic (exact) mass is 466 g/mol. The molecule has 14 heteroatoms. The molecule has 1 unspecified atom stereocenters. The largest absolute Gasteiger partial charge is 0.491 e. The van der Waals surface area contributed by atoms with Gasteiger partial charge in [-0.3, -0.25) is 19.2 Å². The second-order valence-electron chi connectivity index (χ2n) is 7.02. The number of imidazole rings is 1. The summed E-state index contributed by atoms with van der Waals surface area (Å²) < 4.78 is 44.1. The summed E-state index contributed by atoms with van der Waals surface area (Å²) in [6, 6.07) is 1.41. The number of hydrogen-bond acceptors (Lipinski definition) is 9. The van der Waals surface area contributed by atoms with E-state index in [-0.39, 0.29) is 30.1 Å². The van der Waals surface area contributed by atoms with Gasteiger partial charge in [-0.1, -0.05) is 5.92 Å². The van der Waals surface area contributed by atoms with Gasteiger partial charge in [0.1, 0.15) is 11.9 Å². The van der Waals surface area contributed by atoms with Crippen LogP contribution in [0.1, 0.15) is 12.7 Å². The predicted octanol–water partition coefficient (Wildman–Crippen LogP) is -0.392. The molecule has 3 heterocycles. The van der Waals surface area contributed by atoms with Gasteiger partial charge < -0.3 is 15.0 Å². The van der Waals surface area contributed by atoms with Crippen LogP contribution in [0.15, 0.2) is 4.79 Å². The van der Waals surface area contributed by atoms with Crippen LogP contribution in [0.3, 0.4) is 0 Å². The molecule has 0 radical (unpaired) electrons. The summed E-state index contributed by atoms with van der Waals surface area (Å²) in [6.45, 7) is 4.42. The molecule has 0 aliphatic carbocycles. The van der Waals surface area contributed by atoms with E-state index in [0.29, 0.717) is 19.0 Å². The minimum Gasteiger partial charge on any atom is -0.426 e. The third kappa shape index (κ3) is 5.24. The van der Waals surface area contributed by atoms with Gasteiger partial charge in [-0.05, 0) is 6.92 Å². The molecular weight excluding hydrogens is 445 g/mol. The van der Waals surface area contributed by atoms with Crippen molar-refractivity contribution in [3.05, 3.63) is 16.2 Å². The van der Waals surface area contributed by atoms with Crippen LogP contribution >= 0.6 is 0 Å². The lowest BCUT2D eigenvalue weighted by molar-refractivity contribution is -0.203. The molecule has 1 aliphatic rings. The summed E-state index contributed by atoms with van der Waals surface area (Å²) in [6.07, 6.45) is -7.13. The highest BCUT2D eigenvalue weighted by Gasteiger charge is 2.42. The van der Waals surface area contributed by atoms with E-state index in [2.05, 4.69) is 37.2 Å². The molecule has 1 saturated heterocycles. The number of carbonyl (C=O) groups excluding carboxylic acids is 1. The molecule has 2 aromatic heterocycles. The van der Waals surface area contributed by atoms with Gasteiger partial charge in [0, 0.05) is 33.2 Å². The molecule has 0 spiro atoms. The lowest BCUT2D eigenvalue weighted by atomic mass is 10.4. The first kappa shape index (κ1) is 24.0. The number of rotatable bonds is 6. The first-order valence-electron chi connectivity index (χ1n) is 9.89. The number of nitrogens with one attached hydrogen (secondary N) is 2. The molecule has 0 aromatic carbocycles. The van der Waals surface area contributed by atoms with Gasteiger partial charge in [0.25, 0.3) is 5.56 Å². The topological polar surface area (TPSA) is 130 Å². The van der Waals surface area contributed by atoms with Gasteiger partial charge in [-0.2, -0.15) is 23.4 Å². The fraction of sp³-hybridized carbons (Fsp3) is 0.526. The summed E-state index contributed by atoms with van der Waals surface area (Å²) in [5.41, 5.74) is -0.0654. The highest BCUT2D eigenvalue weighted by atomic mass is 19.4. The molecule has 0 saturated carbocycles. The van der Waals surface area contributed by atoms with Crippen LogP contribution in [0.2, 0.25) is 0 Å². The summed E-state index contributed by atoms with van der Waals surface area (Å²) in [5.74, 6) is 3.85. The molecule has 11 nitrogen and oxygen atoms in total. The van der Waals surface area contributed by atoms with Crippen LogP contribution in [0.5, 0.6) is 0 Å². The number of nitriles is 1. The van der Waals surface area contributed by atoms with Crippen LogP contribution in [0, 0.1) is 23.2 Å². The van der Waals surface area contributed by atoms with Crippen molar-refractivity contribution < 1.29 is 22.7 Å². The second-order valence-corrected chi connectivity index (χ2v) is 7.02. The van der Waals surface area contributed by atoms with Crippen molar-refractivity contribution in [2.45, 2.75) is 32.4 Å². The molecule has 0 amide bonds. The zero-order valence-corrected chi connectivity index (χ0v) is 17.9. The maximum Gasteiger partial charge on any atom is 0.491 e. The number of ether oxygens (including phenoxy) is 1. The van der Waals surface area contributed by atoms with Crippen molar-refractivity contribution in [3.8, 4) is 17.9 Å². The Balaban J connectivity index is 1.93. The van der Waals surface area contributed by atoms with E-state index in [9.17, 15) is 22.8 Å². The Labute approximate surface area is 186 Å². The van der Waals surface area contributed by atoms with Gasteiger partial charge in [0.2, 0.25) is 12.2 Å². The smallest absolute Gasteiger partial charge is 0.426 e. The zero-order chi connectivity index (χ0) is 24.2. The average Bonchev–Trinajstić information content (AvgIpc) is 3.16. The first-order chi connectivity index (χ1) is 15.7. The van der Waals surface area contributed by atoms with E-state index in [4.69, 9.17) is 5.26 Å². The number of hydrogen-bond donors (Lipinski definition) is 2. The minimum atomic E-state index is -5.24. The van der Waals surface area contributed by atoms with E-state index in [1.165, 1.54) is 17.7 Å². The number of nitrogens with zero attached hydrogens (tertiary/aromatic N) is 6. The van der Waals surface area contributed by atoms with E-state index >= 15 is 0 Å². The Hall–Kier alpha value is -3.62. The Morgan fingerprint density at radius 1 is 1.33 bits per heavy atom. The Morgan fingerprint density at radius 2 is 2.03 bits per heavy atom. The number of aromatic nitrogens is 4. The SMILES string of the molecule is CC#CCn1c(N2CCNCC2)nc2nc(CNC(C#N)OC(=O)C(F)(F)F)n(C)c(=O)c21. The van der Waals surface area contributed by atoms with Gasteiger partial charge in [0.15, 0.2) is 11.2 Å². The van der Waals surface area contributed by atoms with Crippen molar-refractivity contribution in [1.29, 1.82) is 5.26 Å². The van der Waals surface area contributed by atoms with Gasteiger partial charge >= 0.3 is 12.1 Å². The highest BCUT2D eigenvalue weighted by molar-refractivity contribution is 5.76. The van der Waals surface area contributed by atoms with Crippen molar-refractivity contribution in [2.24, 2.45) is 7.05 Å². The van der Waals surface area contributed by atoms with E-state index < -0.39 is 23.9 Å². The van der Waals surface area contributed by atoms with Crippen LogP contribution in [0.25, 0.3) is 11.2 Å². The molecule has 1 atom stereocenters. The summed E-state index contributed by atoms with van der Waals surface area (Å²) in [5, 5.41) is 14.6. The predicted molar refractivity (Wildman–Crippen MR) is 110 cm³/mol. The number of halogens is 3. The molecule has 3 rings (SSSR count). The lowest BCUT2D eigenvalue weighted by Crippen LogP contribution is -2.44. The van der Waals surface area contributed by atoms with Crippen LogP contribution in [0.4, 0.5) is 19.1 Å².